The van der Waals surface area contributed by atoms with Crippen LogP contribution in [0.15, 0.2) is 23.2 Å². The molecule has 0 aromatic rings. The van der Waals surface area contributed by atoms with Gasteiger partial charge in [0.05, 0.1) is 12.7 Å². The molecule has 5 aliphatic rings. The number of carbonyl (C=O) groups excluding carboxylic acids is 2. The number of ketones is 1. The molecule has 2 aliphatic carbocycles. The summed E-state index contributed by atoms with van der Waals surface area (Å²) in [6.07, 6.45) is 4.54. The molecule has 5 nitrogen and oxygen atoms in total. The Hall–Kier alpha value is -0.980. The van der Waals surface area contributed by atoms with E-state index >= 15 is 0 Å². The minimum absolute atomic E-state index is 0.0113. The Balaban J connectivity index is 1.72. The van der Waals surface area contributed by atoms with Gasteiger partial charge in [-0.1, -0.05) is 42.4 Å². The quantitative estimate of drug-likeness (QED) is 0.505. The number of esters is 1. The van der Waals surface area contributed by atoms with Gasteiger partial charge in [-0.25, -0.2) is 0 Å². The SMILES string of the molecule is C=C(Br)C[C@@]12C(=O)C=CC[C@H]1[C@]13CO[C@@H]4OC(C[C@@H]1OC2=O)C(C)(C)C43. The fourth-order valence-corrected chi connectivity index (χ4v) is 7.15. The highest BCUT2D eigenvalue weighted by molar-refractivity contribution is 9.11. The van der Waals surface area contributed by atoms with E-state index in [9.17, 15) is 9.59 Å². The van der Waals surface area contributed by atoms with Crippen molar-refractivity contribution in [1.82, 2.24) is 0 Å². The zero-order chi connectivity index (χ0) is 18.5. The van der Waals surface area contributed by atoms with Crippen LogP contribution in [-0.2, 0) is 23.8 Å². The molecule has 0 aromatic carbocycles. The van der Waals surface area contributed by atoms with Crippen molar-refractivity contribution >= 4 is 27.7 Å². The topological polar surface area (TPSA) is 61.8 Å². The summed E-state index contributed by atoms with van der Waals surface area (Å²) >= 11 is 3.39. The van der Waals surface area contributed by atoms with Gasteiger partial charge in [-0.05, 0) is 28.3 Å². The van der Waals surface area contributed by atoms with E-state index < -0.39 is 16.8 Å². The Kier molecular flexibility index (Phi) is 3.35. The van der Waals surface area contributed by atoms with Gasteiger partial charge >= 0.3 is 5.97 Å². The normalized spacial score (nSPS) is 50.2. The van der Waals surface area contributed by atoms with Crippen molar-refractivity contribution in [3.63, 3.8) is 0 Å². The number of rotatable bonds is 2. The van der Waals surface area contributed by atoms with Gasteiger partial charge in [-0.15, -0.1) is 0 Å². The van der Waals surface area contributed by atoms with E-state index in [4.69, 9.17) is 14.2 Å². The molecular formula is C20H23BrO5. The zero-order valence-electron chi connectivity index (χ0n) is 15.0. The standard InChI is InChI=1S/C20H23BrO5/c1-10(21)8-19-11(5-4-6-12(19)22)20-9-24-16-15(20)18(2,3)13(25-16)7-14(20)26-17(19)23/h4,6,11,13-16H,1,5,7-9H2,2-3H3/t11-,13?,14+,15?,16-,19+,20-/m1/s1. The van der Waals surface area contributed by atoms with E-state index in [1.165, 1.54) is 0 Å². The van der Waals surface area contributed by atoms with Gasteiger partial charge < -0.3 is 14.2 Å². The lowest BCUT2D eigenvalue weighted by molar-refractivity contribution is -0.234. The predicted octanol–water partition coefficient (Wildman–Crippen LogP) is 3.13. The van der Waals surface area contributed by atoms with Gasteiger partial charge in [-0.3, -0.25) is 9.59 Å². The average Bonchev–Trinajstić information content (AvgIpc) is 2.98. The van der Waals surface area contributed by atoms with Crippen LogP contribution in [0.3, 0.4) is 0 Å². The Morgan fingerprint density at radius 1 is 1.35 bits per heavy atom. The Bertz CT molecular complexity index is 757. The van der Waals surface area contributed by atoms with Crippen LogP contribution >= 0.6 is 15.9 Å². The molecule has 3 aliphatic heterocycles. The predicted molar refractivity (Wildman–Crippen MR) is 96.2 cm³/mol. The number of allylic oxidation sites excluding steroid dienone is 3. The monoisotopic (exact) mass is 422 g/mol. The third-order valence-corrected chi connectivity index (χ3v) is 8.00. The van der Waals surface area contributed by atoms with E-state index in [1.54, 1.807) is 6.08 Å². The van der Waals surface area contributed by atoms with Crippen molar-refractivity contribution in [2.24, 2.45) is 28.1 Å². The van der Waals surface area contributed by atoms with Gasteiger partial charge in [-0.2, -0.15) is 0 Å². The third kappa shape index (κ3) is 1.74. The van der Waals surface area contributed by atoms with Crippen LogP contribution in [0.2, 0.25) is 0 Å². The lowest BCUT2D eigenvalue weighted by Gasteiger charge is -2.61. The Labute approximate surface area is 161 Å². The summed E-state index contributed by atoms with van der Waals surface area (Å²) in [6.45, 7) is 8.83. The summed E-state index contributed by atoms with van der Waals surface area (Å²) in [6, 6.07) is 0. The van der Waals surface area contributed by atoms with E-state index in [1.807, 2.05) is 6.08 Å². The second-order valence-electron chi connectivity index (χ2n) is 9.07. The van der Waals surface area contributed by atoms with Crippen LogP contribution in [0, 0.1) is 28.1 Å². The minimum atomic E-state index is -1.21. The first-order valence-electron chi connectivity index (χ1n) is 9.27. The van der Waals surface area contributed by atoms with Crippen LogP contribution in [0.25, 0.3) is 0 Å². The lowest BCUT2D eigenvalue weighted by atomic mass is 9.44. The van der Waals surface area contributed by atoms with Crippen molar-refractivity contribution in [1.29, 1.82) is 0 Å². The van der Waals surface area contributed by atoms with E-state index in [-0.39, 0.29) is 48.0 Å². The maximum atomic E-state index is 13.2. The van der Waals surface area contributed by atoms with Crippen LogP contribution in [0.5, 0.6) is 0 Å². The summed E-state index contributed by atoms with van der Waals surface area (Å²) in [5, 5.41) is 0. The average molecular weight is 423 g/mol. The molecule has 0 radical (unpaired) electrons. The zero-order valence-corrected chi connectivity index (χ0v) is 16.6. The van der Waals surface area contributed by atoms with E-state index in [0.717, 1.165) is 0 Å². The second-order valence-corrected chi connectivity index (χ2v) is 10.2. The first-order valence-corrected chi connectivity index (χ1v) is 10.1. The molecule has 0 aromatic heterocycles. The van der Waals surface area contributed by atoms with Crippen LogP contribution in [0.4, 0.5) is 0 Å². The molecule has 6 heteroatoms. The van der Waals surface area contributed by atoms with Crippen molar-refractivity contribution < 1.29 is 23.8 Å². The molecule has 140 valence electrons. The molecule has 2 bridgehead atoms. The number of fused-ring (bicyclic) bond motifs is 2. The van der Waals surface area contributed by atoms with Crippen LogP contribution in [-0.4, -0.2) is 36.9 Å². The Morgan fingerprint density at radius 3 is 2.85 bits per heavy atom. The molecule has 7 atom stereocenters. The summed E-state index contributed by atoms with van der Waals surface area (Å²) in [5.74, 6) is -0.630. The van der Waals surface area contributed by atoms with E-state index in [2.05, 4.69) is 36.4 Å². The number of carbonyl (C=O) groups is 2. The fourth-order valence-electron chi connectivity index (χ4n) is 6.70. The number of hydrogen-bond acceptors (Lipinski definition) is 5. The minimum Gasteiger partial charge on any atom is -0.461 e. The largest absolute Gasteiger partial charge is 0.461 e. The van der Waals surface area contributed by atoms with E-state index in [0.29, 0.717) is 23.9 Å². The van der Waals surface area contributed by atoms with Gasteiger partial charge in [0.2, 0.25) is 0 Å². The molecule has 1 saturated carbocycles. The smallest absolute Gasteiger partial charge is 0.320 e. The number of hydrogen-bond donors (Lipinski definition) is 0. The highest BCUT2D eigenvalue weighted by Crippen LogP contribution is 2.71. The highest BCUT2D eigenvalue weighted by atomic mass is 79.9. The van der Waals surface area contributed by atoms with Crippen LogP contribution < -0.4 is 0 Å². The maximum absolute atomic E-state index is 13.2. The molecule has 3 saturated heterocycles. The first kappa shape index (κ1) is 17.1. The fraction of sp³-hybridized carbons (Fsp3) is 0.700. The molecule has 1 spiro atoms. The molecule has 5 rings (SSSR count). The van der Waals surface area contributed by atoms with Gasteiger partial charge in [0.1, 0.15) is 11.5 Å². The Morgan fingerprint density at radius 2 is 2.12 bits per heavy atom. The van der Waals surface area contributed by atoms with Crippen LogP contribution in [0.1, 0.15) is 33.1 Å². The second kappa shape index (κ2) is 5.09. The number of ether oxygens (including phenoxy) is 3. The maximum Gasteiger partial charge on any atom is 0.320 e. The molecule has 0 amide bonds. The van der Waals surface area contributed by atoms with Crippen molar-refractivity contribution in [2.75, 3.05) is 6.61 Å². The van der Waals surface area contributed by atoms with Crippen molar-refractivity contribution in [2.45, 2.75) is 51.6 Å². The lowest BCUT2D eigenvalue weighted by Crippen LogP contribution is -2.69. The summed E-state index contributed by atoms with van der Waals surface area (Å²) in [7, 11) is 0. The van der Waals surface area contributed by atoms with Gasteiger partial charge in [0, 0.05) is 24.2 Å². The molecule has 26 heavy (non-hydrogen) atoms. The van der Waals surface area contributed by atoms with Crippen molar-refractivity contribution in [3.05, 3.63) is 23.2 Å². The molecule has 0 N–H and O–H groups in total. The number of halogens is 1. The summed E-state index contributed by atoms with van der Waals surface area (Å²) < 4.78 is 18.9. The molecule has 3 heterocycles. The third-order valence-electron chi connectivity index (χ3n) is 7.71. The molecule has 4 fully saturated rings. The summed E-state index contributed by atoms with van der Waals surface area (Å²) in [5.41, 5.74) is -1.68. The van der Waals surface area contributed by atoms with Gasteiger partial charge in [0.15, 0.2) is 12.1 Å². The molecular weight excluding hydrogens is 400 g/mol. The van der Waals surface area contributed by atoms with Crippen molar-refractivity contribution in [3.8, 4) is 0 Å². The highest BCUT2D eigenvalue weighted by Gasteiger charge is 2.78. The van der Waals surface area contributed by atoms with Gasteiger partial charge in [0.25, 0.3) is 0 Å². The molecule has 2 unspecified atom stereocenters. The summed E-state index contributed by atoms with van der Waals surface area (Å²) in [4.78, 5) is 26.3. The first-order chi connectivity index (χ1) is 12.2.